The zero-order valence-corrected chi connectivity index (χ0v) is 31.3. The van der Waals surface area contributed by atoms with E-state index in [1.807, 2.05) is 30.3 Å². The molecular formula is C54H33N3O. The number of furan rings is 1. The highest BCUT2D eigenvalue weighted by Gasteiger charge is 2.32. The molecule has 4 heteroatoms. The molecule has 1 aliphatic carbocycles. The normalized spacial score (nSPS) is 12.4. The minimum Gasteiger partial charge on any atom is -0.455 e. The lowest BCUT2D eigenvalue weighted by Gasteiger charge is -2.16. The van der Waals surface area contributed by atoms with E-state index in [1.165, 1.54) is 49.4 Å². The van der Waals surface area contributed by atoms with Crippen molar-refractivity contribution in [1.82, 2.24) is 15.0 Å². The van der Waals surface area contributed by atoms with Crippen LogP contribution in [0.2, 0.25) is 0 Å². The summed E-state index contributed by atoms with van der Waals surface area (Å²) in [6.07, 6.45) is 0. The van der Waals surface area contributed by atoms with Crippen LogP contribution in [-0.4, -0.2) is 15.0 Å². The third kappa shape index (κ3) is 5.12. The first-order valence-corrected chi connectivity index (χ1v) is 19.7. The Labute approximate surface area is 334 Å². The number of hydrogen-bond donors (Lipinski definition) is 0. The summed E-state index contributed by atoms with van der Waals surface area (Å²) in [5.74, 6) is 1.87. The molecule has 0 bridgehead atoms. The van der Waals surface area contributed by atoms with E-state index in [2.05, 4.69) is 164 Å². The summed E-state index contributed by atoms with van der Waals surface area (Å²) in [6, 6.07) is 68.7. The van der Waals surface area contributed by atoms with Crippen LogP contribution in [-0.2, 0) is 0 Å². The van der Waals surface area contributed by atoms with Gasteiger partial charge in [0.15, 0.2) is 17.5 Å². The fraction of sp³-hybridized carbons (Fsp3) is 0.0185. The summed E-state index contributed by atoms with van der Waals surface area (Å²) in [7, 11) is 0. The van der Waals surface area contributed by atoms with Crippen molar-refractivity contribution >= 4 is 43.5 Å². The fourth-order valence-electron chi connectivity index (χ4n) is 9.09. The molecule has 12 rings (SSSR count). The Kier molecular flexibility index (Phi) is 7.26. The number of rotatable bonds is 5. The Bertz CT molecular complexity index is 3300. The number of hydrogen-bond acceptors (Lipinski definition) is 4. The molecule has 0 fully saturated rings. The molecule has 0 N–H and O–H groups in total. The third-order valence-electron chi connectivity index (χ3n) is 11.8. The smallest absolute Gasteiger partial charge is 0.167 e. The highest BCUT2D eigenvalue weighted by Crippen LogP contribution is 2.53. The number of aromatic nitrogens is 3. The van der Waals surface area contributed by atoms with Gasteiger partial charge in [-0.3, -0.25) is 0 Å². The molecule has 58 heavy (non-hydrogen) atoms. The highest BCUT2D eigenvalue weighted by molar-refractivity contribution is 6.11. The van der Waals surface area contributed by atoms with Gasteiger partial charge in [-0.1, -0.05) is 182 Å². The van der Waals surface area contributed by atoms with Crippen molar-refractivity contribution < 1.29 is 4.42 Å². The van der Waals surface area contributed by atoms with Gasteiger partial charge in [0.05, 0.1) is 5.56 Å². The molecule has 270 valence electrons. The summed E-state index contributed by atoms with van der Waals surface area (Å²) in [6.45, 7) is 0. The van der Waals surface area contributed by atoms with Gasteiger partial charge in [-0.25, -0.2) is 15.0 Å². The van der Waals surface area contributed by atoms with Crippen LogP contribution in [0.25, 0.3) is 99.9 Å². The van der Waals surface area contributed by atoms with Crippen LogP contribution in [0.5, 0.6) is 0 Å². The number of benzene rings is 9. The summed E-state index contributed by atoms with van der Waals surface area (Å²) < 4.78 is 6.48. The van der Waals surface area contributed by atoms with Crippen molar-refractivity contribution in [2.45, 2.75) is 5.92 Å². The summed E-state index contributed by atoms with van der Waals surface area (Å²) >= 11 is 0. The van der Waals surface area contributed by atoms with Crippen LogP contribution in [0.1, 0.15) is 22.6 Å². The van der Waals surface area contributed by atoms with Crippen LogP contribution in [0, 0.1) is 0 Å². The second-order valence-electron chi connectivity index (χ2n) is 15.1. The molecule has 0 aliphatic heterocycles. The molecule has 0 radical (unpaired) electrons. The first-order chi connectivity index (χ1) is 28.7. The molecule has 0 spiro atoms. The van der Waals surface area contributed by atoms with Gasteiger partial charge in [-0.05, 0) is 72.6 Å². The quantitative estimate of drug-likeness (QED) is 0.176. The number of para-hydroxylation sites is 2. The maximum atomic E-state index is 6.48. The van der Waals surface area contributed by atoms with E-state index >= 15 is 0 Å². The second kappa shape index (κ2) is 12.9. The Balaban J connectivity index is 1.00. The fourth-order valence-corrected chi connectivity index (χ4v) is 9.09. The Hall–Kier alpha value is -7.69. The molecule has 0 amide bonds. The van der Waals surface area contributed by atoms with Crippen molar-refractivity contribution in [1.29, 1.82) is 0 Å². The van der Waals surface area contributed by atoms with E-state index in [9.17, 15) is 0 Å². The molecule has 0 unspecified atom stereocenters. The SMILES string of the molecule is c1ccc(-c2ccc(-c3nc(-c4ccc(C5c6ccc7ccccc7c6-c6c5ccc5ccccc65)cc4)nc(-c4cccc5c4oc4ccccc45)n3)cc2)cc1. The minimum atomic E-state index is 0.0894. The molecule has 0 saturated heterocycles. The number of fused-ring (bicyclic) bond motifs is 10. The van der Waals surface area contributed by atoms with Crippen LogP contribution in [0.3, 0.4) is 0 Å². The van der Waals surface area contributed by atoms with E-state index in [4.69, 9.17) is 19.4 Å². The second-order valence-corrected chi connectivity index (χ2v) is 15.1. The summed E-state index contributed by atoms with van der Waals surface area (Å²) in [4.78, 5) is 15.4. The van der Waals surface area contributed by atoms with Crippen LogP contribution < -0.4 is 0 Å². The predicted molar refractivity (Wildman–Crippen MR) is 237 cm³/mol. The van der Waals surface area contributed by atoms with Crippen molar-refractivity contribution in [2.75, 3.05) is 0 Å². The van der Waals surface area contributed by atoms with E-state index in [1.54, 1.807) is 0 Å². The average Bonchev–Trinajstić information content (AvgIpc) is 3.86. The predicted octanol–water partition coefficient (Wildman–Crippen LogP) is 13.9. The third-order valence-corrected chi connectivity index (χ3v) is 11.8. The van der Waals surface area contributed by atoms with Gasteiger partial charge >= 0.3 is 0 Å². The molecular weight excluding hydrogens is 707 g/mol. The lowest BCUT2D eigenvalue weighted by Crippen LogP contribution is -2.02. The summed E-state index contributed by atoms with van der Waals surface area (Å²) in [5.41, 5.74) is 13.1. The summed E-state index contributed by atoms with van der Waals surface area (Å²) in [5, 5.41) is 7.19. The molecule has 0 atom stereocenters. The van der Waals surface area contributed by atoms with Crippen molar-refractivity contribution in [2.24, 2.45) is 0 Å². The van der Waals surface area contributed by atoms with Crippen LogP contribution in [0.15, 0.2) is 199 Å². The van der Waals surface area contributed by atoms with Gasteiger partial charge in [0.25, 0.3) is 0 Å². The Morgan fingerprint density at radius 3 is 1.50 bits per heavy atom. The Morgan fingerprint density at radius 1 is 0.345 bits per heavy atom. The zero-order chi connectivity index (χ0) is 38.2. The van der Waals surface area contributed by atoms with Crippen molar-refractivity contribution in [3.8, 4) is 56.4 Å². The maximum Gasteiger partial charge on any atom is 0.167 e. The van der Waals surface area contributed by atoms with Crippen molar-refractivity contribution in [3.05, 3.63) is 211 Å². The van der Waals surface area contributed by atoms with Gasteiger partial charge in [0.2, 0.25) is 0 Å². The van der Waals surface area contributed by atoms with Crippen molar-refractivity contribution in [3.63, 3.8) is 0 Å². The lowest BCUT2D eigenvalue weighted by molar-refractivity contribution is 0.669. The van der Waals surface area contributed by atoms with Gasteiger partial charge < -0.3 is 4.42 Å². The van der Waals surface area contributed by atoms with Gasteiger partial charge in [-0.2, -0.15) is 0 Å². The van der Waals surface area contributed by atoms with E-state index in [-0.39, 0.29) is 5.92 Å². The Morgan fingerprint density at radius 2 is 0.845 bits per heavy atom. The topological polar surface area (TPSA) is 51.8 Å². The van der Waals surface area contributed by atoms with Crippen LogP contribution in [0.4, 0.5) is 0 Å². The molecule has 2 aromatic heterocycles. The van der Waals surface area contributed by atoms with Gasteiger partial charge in [0, 0.05) is 27.8 Å². The maximum absolute atomic E-state index is 6.48. The van der Waals surface area contributed by atoms with E-state index < -0.39 is 0 Å². The molecule has 2 heterocycles. The first-order valence-electron chi connectivity index (χ1n) is 19.7. The van der Waals surface area contributed by atoms with E-state index in [0.717, 1.165) is 49.8 Å². The average molecular weight is 740 g/mol. The minimum absolute atomic E-state index is 0.0894. The van der Waals surface area contributed by atoms with E-state index in [0.29, 0.717) is 17.5 Å². The molecule has 0 saturated carbocycles. The largest absolute Gasteiger partial charge is 0.455 e. The monoisotopic (exact) mass is 739 g/mol. The highest BCUT2D eigenvalue weighted by atomic mass is 16.3. The van der Waals surface area contributed by atoms with Gasteiger partial charge in [-0.15, -0.1) is 0 Å². The lowest BCUT2D eigenvalue weighted by atomic mass is 9.88. The molecule has 4 nitrogen and oxygen atoms in total. The zero-order valence-electron chi connectivity index (χ0n) is 31.3. The molecule has 9 aromatic carbocycles. The number of nitrogens with zero attached hydrogens (tertiary/aromatic N) is 3. The van der Waals surface area contributed by atoms with Gasteiger partial charge in [0.1, 0.15) is 11.2 Å². The first kappa shape index (κ1) is 32.5. The molecule has 1 aliphatic rings. The van der Waals surface area contributed by atoms with Crippen LogP contribution >= 0.6 is 0 Å². The molecule has 11 aromatic rings. The standard InChI is InChI=1S/C54H33N3O/c1-2-11-33(12-3-1)34-21-25-38(26-22-34)52-55-53(57-54(56-52)46-19-10-18-43-42-17-8-9-20-47(42)58-51(43)46)39-27-23-37(24-28-39)48-44-31-29-35-13-4-6-15-40(35)49(44)50-41-16-7-5-14-36(41)30-32-45(48)50/h1-32,48H.